The van der Waals surface area contributed by atoms with Crippen LogP contribution in [0.15, 0.2) is 59.5 Å². The number of β-amino-alcohol motifs (C(OH)–C–C–N with tert-alkyl or cyclic N) is 1. The molecular formula is C20H25ClN2O4S. The van der Waals surface area contributed by atoms with Crippen molar-refractivity contribution in [1.29, 1.82) is 0 Å². The predicted octanol–water partition coefficient (Wildman–Crippen LogP) is 1.66. The lowest BCUT2D eigenvalue weighted by atomic mass is 9.90. The van der Waals surface area contributed by atoms with Gasteiger partial charge in [0.25, 0.3) is 0 Å². The first-order chi connectivity index (χ1) is 13.3. The summed E-state index contributed by atoms with van der Waals surface area (Å²) < 4.78 is 26.9. The van der Waals surface area contributed by atoms with E-state index in [0.29, 0.717) is 18.0 Å². The average molecular weight is 425 g/mol. The molecular weight excluding hydrogens is 400 g/mol. The third-order valence-corrected chi connectivity index (χ3v) is 7.29. The normalized spacial score (nSPS) is 23.6. The van der Waals surface area contributed by atoms with E-state index >= 15 is 0 Å². The summed E-state index contributed by atoms with van der Waals surface area (Å²) in [5.74, 6) is 0. The topological polar surface area (TPSA) is 89.9 Å². The standard InChI is InChI=1S/C20H25ClN2O4S/c21-18-9-5-4-6-16(18)10-12-22-14-20(25)15-23(13-11-19(20)24)28(26,27)17-7-2-1-3-8-17/h1-9,19,22,24-25H,10-15H2/t19-,20+/m1/s1. The summed E-state index contributed by atoms with van der Waals surface area (Å²) >= 11 is 6.14. The number of rotatable bonds is 7. The zero-order valence-corrected chi connectivity index (χ0v) is 17.0. The number of nitrogens with one attached hydrogen (secondary N) is 1. The van der Waals surface area contributed by atoms with E-state index in [9.17, 15) is 18.6 Å². The van der Waals surface area contributed by atoms with Gasteiger partial charge in [0.15, 0.2) is 0 Å². The fraction of sp³-hybridized carbons (Fsp3) is 0.400. The van der Waals surface area contributed by atoms with E-state index in [1.807, 2.05) is 24.3 Å². The number of piperidine rings is 1. The van der Waals surface area contributed by atoms with Gasteiger partial charge in [0.1, 0.15) is 5.60 Å². The second-order valence-electron chi connectivity index (χ2n) is 7.08. The summed E-state index contributed by atoms with van der Waals surface area (Å²) in [5.41, 5.74) is -0.568. The van der Waals surface area contributed by atoms with Crippen LogP contribution in [0.4, 0.5) is 0 Å². The quantitative estimate of drug-likeness (QED) is 0.588. The van der Waals surface area contributed by atoms with Crippen LogP contribution in [-0.2, 0) is 16.4 Å². The first kappa shape index (κ1) is 21.2. The van der Waals surface area contributed by atoms with Crippen LogP contribution in [0.3, 0.4) is 0 Å². The number of benzene rings is 2. The Bertz CT molecular complexity index is 894. The van der Waals surface area contributed by atoms with E-state index in [-0.39, 0.29) is 31.0 Å². The molecule has 0 radical (unpaired) electrons. The summed E-state index contributed by atoms with van der Waals surface area (Å²) in [5, 5.41) is 25.0. The third kappa shape index (κ3) is 4.74. The molecule has 0 amide bonds. The monoisotopic (exact) mass is 424 g/mol. The summed E-state index contributed by atoms with van der Waals surface area (Å²) in [6.45, 7) is 0.633. The highest BCUT2D eigenvalue weighted by atomic mass is 35.5. The lowest BCUT2D eigenvalue weighted by molar-refractivity contribution is -0.104. The van der Waals surface area contributed by atoms with Crippen molar-refractivity contribution in [2.24, 2.45) is 0 Å². The summed E-state index contributed by atoms with van der Waals surface area (Å²) in [7, 11) is -3.72. The predicted molar refractivity (Wildman–Crippen MR) is 109 cm³/mol. The second kappa shape index (κ2) is 8.90. The van der Waals surface area contributed by atoms with Crippen molar-refractivity contribution in [2.75, 3.05) is 26.2 Å². The Labute approximate surface area is 170 Å². The number of hydrogen-bond donors (Lipinski definition) is 3. The van der Waals surface area contributed by atoms with Gasteiger partial charge in [-0.2, -0.15) is 4.31 Å². The first-order valence-electron chi connectivity index (χ1n) is 9.23. The zero-order valence-electron chi connectivity index (χ0n) is 15.5. The summed E-state index contributed by atoms with van der Waals surface area (Å²) in [6.07, 6.45) is -0.158. The maximum atomic E-state index is 12.8. The molecule has 8 heteroatoms. The fourth-order valence-corrected chi connectivity index (χ4v) is 5.14. The Kier molecular flexibility index (Phi) is 6.75. The van der Waals surface area contributed by atoms with E-state index in [4.69, 9.17) is 11.6 Å². The molecule has 1 aliphatic heterocycles. The molecule has 2 aromatic rings. The minimum absolute atomic E-state index is 0.0828. The van der Waals surface area contributed by atoms with E-state index in [0.717, 1.165) is 5.56 Å². The highest BCUT2D eigenvalue weighted by Crippen LogP contribution is 2.26. The van der Waals surface area contributed by atoms with Gasteiger partial charge in [0.05, 0.1) is 11.0 Å². The third-order valence-electron chi connectivity index (χ3n) is 5.06. The van der Waals surface area contributed by atoms with Crippen LogP contribution < -0.4 is 5.32 Å². The lowest BCUT2D eigenvalue weighted by Crippen LogP contribution is -2.62. The van der Waals surface area contributed by atoms with Gasteiger partial charge in [0.2, 0.25) is 10.0 Å². The highest BCUT2D eigenvalue weighted by molar-refractivity contribution is 7.89. The van der Waals surface area contributed by atoms with Gasteiger partial charge in [-0.3, -0.25) is 0 Å². The molecule has 28 heavy (non-hydrogen) atoms. The van der Waals surface area contributed by atoms with Crippen molar-refractivity contribution in [3.05, 3.63) is 65.2 Å². The largest absolute Gasteiger partial charge is 0.390 e. The number of hydrogen-bond acceptors (Lipinski definition) is 5. The van der Waals surface area contributed by atoms with Crippen LogP contribution >= 0.6 is 11.6 Å². The maximum Gasteiger partial charge on any atom is 0.243 e. The Hall–Kier alpha value is -1.48. The number of sulfonamides is 1. The van der Waals surface area contributed by atoms with E-state index < -0.39 is 21.7 Å². The van der Waals surface area contributed by atoms with Gasteiger partial charge in [-0.15, -0.1) is 0 Å². The van der Waals surface area contributed by atoms with Crippen LogP contribution in [0.25, 0.3) is 0 Å². The molecule has 1 aliphatic rings. The Morgan fingerprint density at radius 3 is 2.54 bits per heavy atom. The van der Waals surface area contributed by atoms with E-state index in [1.54, 1.807) is 18.2 Å². The van der Waals surface area contributed by atoms with Crippen molar-refractivity contribution in [2.45, 2.75) is 29.4 Å². The van der Waals surface area contributed by atoms with E-state index in [2.05, 4.69) is 5.32 Å². The number of aliphatic hydroxyl groups is 2. The number of aliphatic hydroxyl groups excluding tert-OH is 1. The molecule has 0 unspecified atom stereocenters. The van der Waals surface area contributed by atoms with Gasteiger partial charge >= 0.3 is 0 Å². The molecule has 3 N–H and O–H groups in total. The van der Waals surface area contributed by atoms with Gasteiger partial charge < -0.3 is 15.5 Å². The van der Waals surface area contributed by atoms with Crippen LogP contribution in [-0.4, -0.2) is 60.8 Å². The minimum atomic E-state index is -3.72. The van der Waals surface area contributed by atoms with Gasteiger partial charge in [-0.25, -0.2) is 8.42 Å². The molecule has 6 nitrogen and oxygen atoms in total. The van der Waals surface area contributed by atoms with Gasteiger partial charge in [0, 0.05) is 24.7 Å². The molecule has 0 saturated carbocycles. The number of halogens is 1. The molecule has 2 aromatic carbocycles. The molecule has 0 aromatic heterocycles. The van der Waals surface area contributed by atoms with Crippen LogP contribution in [0.2, 0.25) is 5.02 Å². The molecule has 1 saturated heterocycles. The SMILES string of the molecule is O=S(=O)(c1ccccc1)N1CC[C@@H](O)[C@](O)(CNCCc2ccccc2Cl)C1. The molecule has 1 heterocycles. The van der Waals surface area contributed by atoms with Crippen LogP contribution in [0, 0.1) is 0 Å². The Balaban J connectivity index is 1.62. The van der Waals surface area contributed by atoms with E-state index in [1.165, 1.54) is 16.4 Å². The minimum Gasteiger partial charge on any atom is -0.390 e. The second-order valence-corrected chi connectivity index (χ2v) is 9.42. The lowest BCUT2D eigenvalue weighted by Gasteiger charge is -2.42. The zero-order chi connectivity index (χ0) is 20.2. The van der Waals surface area contributed by atoms with Gasteiger partial charge in [-0.1, -0.05) is 48.0 Å². The molecule has 1 fully saturated rings. The maximum absolute atomic E-state index is 12.8. The highest BCUT2D eigenvalue weighted by Gasteiger charge is 2.44. The molecule has 0 bridgehead atoms. The van der Waals surface area contributed by atoms with Gasteiger partial charge in [-0.05, 0) is 43.1 Å². The molecule has 0 aliphatic carbocycles. The summed E-state index contributed by atoms with van der Waals surface area (Å²) in [4.78, 5) is 0.181. The van der Waals surface area contributed by atoms with Crippen molar-refractivity contribution >= 4 is 21.6 Å². The van der Waals surface area contributed by atoms with Crippen molar-refractivity contribution in [3.8, 4) is 0 Å². The Morgan fingerprint density at radius 1 is 1.14 bits per heavy atom. The smallest absolute Gasteiger partial charge is 0.243 e. The number of nitrogens with zero attached hydrogens (tertiary/aromatic N) is 1. The van der Waals surface area contributed by atoms with Crippen molar-refractivity contribution in [3.63, 3.8) is 0 Å². The fourth-order valence-electron chi connectivity index (χ4n) is 3.37. The molecule has 3 rings (SSSR count). The molecule has 152 valence electrons. The average Bonchev–Trinajstić information content (AvgIpc) is 2.69. The van der Waals surface area contributed by atoms with Crippen molar-refractivity contribution < 1.29 is 18.6 Å². The van der Waals surface area contributed by atoms with Crippen LogP contribution in [0.5, 0.6) is 0 Å². The molecule has 0 spiro atoms. The summed E-state index contributed by atoms with van der Waals surface area (Å²) in [6, 6.07) is 15.7. The Morgan fingerprint density at radius 2 is 1.82 bits per heavy atom. The first-order valence-corrected chi connectivity index (χ1v) is 11.0. The molecule has 2 atom stereocenters. The van der Waals surface area contributed by atoms with Crippen molar-refractivity contribution in [1.82, 2.24) is 9.62 Å². The van der Waals surface area contributed by atoms with Crippen LogP contribution in [0.1, 0.15) is 12.0 Å².